The highest BCUT2D eigenvalue weighted by Gasteiger charge is 2.45. The van der Waals surface area contributed by atoms with Crippen molar-refractivity contribution in [1.82, 2.24) is 0 Å². The van der Waals surface area contributed by atoms with Crippen molar-refractivity contribution in [2.75, 3.05) is 26.9 Å². The number of ether oxygens (including phenoxy) is 2. The van der Waals surface area contributed by atoms with Crippen molar-refractivity contribution in [1.29, 1.82) is 0 Å². The maximum Gasteiger partial charge on any atom is 0.0700 e. The molecule has 1 atom stereocenters. The van der Waals surface area contributed by atoms with Crippen LogP contribution in [0.5, 0.6) is 0 Å². The molecule has 84 valence electrons. The fourth-order valence-electron chi connectivity index (χ4n) is 1.78. The molecular weight excluding hydrogens is 244 g/mol. The number of hydrogen-bond acceptors (Lipinski definition) is 2. The van der Waals surface area contributed by atoms with Gasteiger partial charge in [-0.15, -0.1) is 0 Å². The minimum absolute atomic E-state index is 0.602. The Morgan fingerprint density at radius 1 is 1.29 bits per heavy atom. The zero-order valence-corrected chi connectivity index (χ0v) is 10.8. The summed E-state index contributed by atoms with van der Waals surface area (Å²) >= 11 is 3.69. The van der Waals surface area contributed by atoms with Gasteiger partial charge in [0.1, 0.15) is 0 Å². The Hall–Kier alpha value is 0.400. The Bertz CT molecular complexity index is 155. The first-order chi connectivity index (χ1) is 6.71. The highest BCUT2D eigenvalue weighted by molar-refractivity contribution is 9.09. The van der Waals surface area contributed by atoms with E-state index < -0.39 is 0 Å². The van der Waals surface area contributed by atoms with Gasteiger partial charge < -0.3 is 9.47 Å². The van der Waals surface area contributed by atoms with Gasteiger partial charge in [-0.3, -0.25) is 0 Å². The summed E-state index contributed by atoms with van der Waals surface area (Å²) in [4.78, 5) is 0.661. The molecule has 0 aromatic carbocycles. The quantitative estimate of drug-likeness (QED) is 0.496. The van der Waals surface area contributed by atoms with E-state index in [9.17, 15) is 0 Å². The summed E-state index contributed by atoms with van der Waals surface area (Å²) < 4.78 is 10.3. The molecule has 14 heavy (non-hydrogen) atoms. The molecule has 0 heterocycles. The number of methoxy groups -OCH3 is 1. The van der Waals surface area contributed by atoms with E-state index in [2.05, 4.69) is 22.9 Å². The average Bonchev–Trinajstić information content (AvgIpc) is 2.92. The lowest BCUT2D eigenvalue weighted by atomic mass is 9.97. The first kappa shape index (κ1) is 12.5. The van der Waals surface area contributed by atoms with Gasteiger partial charge in [0.25, 0.3) is 0 Å². The molecule has 1 fully saturated rings. The molecule has 1 rings (SSSR count). The van der Waals surface area contributed by atoms with Crippen LogP contribution in [-0.2, 0) is 9.47 Å². The van der Waals surface area contributed by atoms with Gasteiger partial charge in [0.05, 0.1) is 13.2 Å². The molecule has 1 saturated carbocycles. The predicted molar refractivity (Wildman–Crippen MR) is 62.0 cm³/mol. The topological polar surface area (TPSA) is 18.5 Å². The van der Waals surface area contributed by atoms with Crippen LogP contribution in [0.3, 0.4) is 0 Å². The molecule has 3 heteroatoms. The molecule has 0 N–H and O–H groups in total. The zero-order chi connectivity index (χ0) is 10.4. The van der Waals surface area contributed by atoms with Crippen LogP contribution in [-0.4, -0.2) is 31.8 Å². The van der Waals surface area contributed by atoms with Crippen LogP contribution in [0.25, 0.3) is 0 Å². The summed E-state index contributed by atoms with van der Waals surface area (Å²) in [6, 6.07) is 0. The SMILES string of the molecule is COCCOCCCC1(C(C)Br)CC1. The summed E-state index contributed by atoms with van der Waals surface area (Å²) in [7, 11) is 1.70. The molecule has 0 saturated heterocycles. The Labute approximate surface area is 95.5 Å². The molecule has 0 radical (unpaired) electrons. The Kier molecular flexibility index (Phi) is 5.42. The maximum atomic E-state index is 5.44. The van der Waals surface area contributed by atoms with E-state index in [1.807, 2.05) is 0 Å². The number of hydrogen-bond donors (Lipinski definition) is 0. The lowest BCUT2D eigenvalue weighted by molar-refractivity contribution is 0.0667. The van der Waals surface area contributed by atoms with Crippen LogP contribution >= 0.6 is 15.9 Å². The lowest BCUT2D eigenvalue weighted by Gasteiger charge is -2.17. The minimum Gasteiger partial charge on any atom is -0.382 e. The first-order valence-corrected chi connectivity index (χ1v) is 6.33. The molecule has 1 aliphatic carbocycles. The van der Waals surface area contributed by atoms with E-state index in [0.717, 1.165) is 13.2 Å². The third-order valence-corrected chi connectivity index (χ3v) is 4.10. The Balaban J connectivity index is 1.94. The summed E-state index contributed by atoms with van der Waals surface area (Å²) in [6.07, 6.45) is 5.25. The van der Waals surface area contributed by atoms with Crippen LogP contribution in [0, 0.1) is 5.41 Å². The largest absolute Gasteiger partial charge is 0.382 e. The molecule has 2 nitrogen and oxygen atoms in total. The van der Waals surface area contributed by atoms with Crippen molar-refractivity contribution in [3.63, 3.8) is 0 Å². The molecule has 1 aliphatic rings. The Morgan fingerprint density at radius 3 is 2.50 bits per heavy atom. The second-order valence-electron chi connectivity index (χ2n) is 4.19. The van der Waals surface area contributed by atoms with Crippen molar-refractivity contribution in [2.45, 2.75) is 37.4 Å². The molecule has 0 spiro atoms. The van der Waals surface area contributed by atoms with Gasteiger partial charge in [-0.2, -0.15) is 0 Å². The zero-order valence-electron chi connectivity index (χ0n) is 9.22. The van der Waals surface area contributed by atoms with Gasteiger partial charge >= 0.3 is 0 Å². The summed E-state index contributed by atoms with van der Waals surface area (Å²) in [6.45, 7) is 4.58. The van der Waals surface area contributed by atoms with E-state index >= 15 is 0 Å². The smallest absolute Gasteiger partial charge is 0.0700 e. The van der Waals surface area contributed by atoms with Crippen molar-refractivity contribution >= 4 is 15.9 Å². The van der Waals surface area contributed by atoms with Crippen LogP contribution in [0.4, 0.5) is 0 Å². The van der Waals surface area contributed by atoms with E-state index in [0.29, 0.717) is 16.8 Å². The summed E-state index contributed by atoms with van der Waals surface area (Å²) in [5, 5.41) is 0. The molecule has 1 unspecified atom stereocenters. The molecular formula is C11H21BrO2. The molecule has 0 aromatic heterocycles. The van der Waals surface area contributed by atoms with Crippen LogP contribution < -0.4 is 0 Å². The highest BCUT2D eigenvalue weighted by atomic mass is 79.9. The maximum absolute atomic E-state index is 5.44. The highest BCUT2D eigenvalue weighted by Crippen LogP contribution is 2.54. The van der Waals surface area contributed by atoms with E-state index in [1.165, 1.54) is 25.7 Å². The predicted octanol–water partition coefficient (Wildman–Crippen LogP) is 2.99. The fourth-order valence-corrected chi connectivity index (χ4v) is 2.46. The molecule has 0 amide bonds. The van der Waals surface area contributed by atoms with E-state index in [1.54, 1.807) is 7.11 Å². The molecule has 0 aliphatic heterocycles. The molecule has 0 aromatic rings. The summed E-state index contributed by atoms with van der Waals surface area (Å²) in [5.41, 5.74) is 0.602. The monoisotopic (exact) mass is 264 g/mol. The van der Waals surface area contributed by atoms with Crippen molar-refractivity contribution in [3.05, 3.63) is 0 Å². The van der Waals surface area contributed by atoms with Gasteiger partial charge in [0.15, 0.2) is 0 Å². The van der Waals surface area contributed by atoms with Crippen molar-refractivity contribution in [2.24, 2.45) is 5.41 Å². The lowest BCUT2D eigenvalue weighted by Crippen LogP contribution is -2.13. The second-order valence-corrected chi connectivity index (χ2v) is 5.56. The van der Waals surface area contributed by atoms with Gasteiger partial charge in [-0.1, -0.05) is 22.9 Å². The van der Waals surface area contributed by atoms with Gasteiger partial charge in [-0.05, 0) is 31.1 Å². The summed E-state index contributed by atoms with van der Waals surface area (Å²) in [5.74, 6) is 0. The average molecular weight is 265 g/mol. The number of halogens is 1. The van der Waals surface area contributed by atoms with E-state index in [-0.39, 0.29) is 0 Å². The fraction of sp³-hybridized carbons (Fsp3) is 1.00. The number of alkyl halides is 1. The third kappa shape index (κ3) is 3.87. The minimum atomic E-state index is 0.602. The van der Waals surface area contributed by atoms with Gasteiger partial charge in [0.2, 0.25) is 0 Å². The van der Waals surface area contributed by atoms with Crippen molar-refractivity contribution in [3.8, 4) is 0 Å². The van der Waals surface area contributed by atoms with Gasteiger partial charge in [-0.25, -0.2) is 0 Å². The third-order valence-electron chi connectivity index (χ3n) is 3.13. The standard InChI is InChI=1S/C11H21BrO2/c1-10(12)11(5-6-11)4-3-7-14-9-8-13-2/h10H,3-9H2,1-2H3. The van der Waals surface area contributed by atoms with Crippen molar-refractivity contribution < 1.29 is 9.47 Å². The normalized spacial score (nSPS) is 20.8. The Morgan fingerprint density at radius 2 is 2.00 bits per heavy atom. The van der Waals surface area contributed by atoms with Crippen LogP contribution in [0.2, 0.25) is 0 Å². The van der Waals surface area contributed by atoms with Crippen LogP contribution in [0.1, 0.15) is 32.6 Å². The van der Waals surface area contributed by atoms with E-state index in [4.69, 9.17) is 9.47 Å². The number of rotatable bonds is 8. The first-order valence-electron chi connectivity index (χ1n) is 5.42. The van der Waals surface area contributed by atoms with Gasteiger partial charge in [0, 0.05) is 18.5 Å². The van der Waals surface area contributed by atoms with Crippen LogP contribution in [0.15, 0.2) is 0 Å². The second kappa shape index (κ2) is 6.09. The molecule has 0 bridgehead atoms.